The molecule has 0 atom stereocenters. The fourth-order valence-electron chi connectivity index (χ4n) is 2.83. The van der Waals surface area contributed by atoms with E-state index in [1.54, 1.807) is 19.3 Å². The summed E-state index contributed by atoms with van der Waals surface area (Å²) < 4.78 is 2.07. The van der Waals surface area contributed by atoms with Gasteiger partial charge in [0.1, 0.15) is 5.69 Å². The number of nitrogens with one attached hydrogen (secondary N) is 1. The van der Waals surface area contributed by atoms with Crippen LogP contribution in [0.1, 0.15) is 34.1 Å². The third kappa shape index (κ3) is 4.12. The number of halogens is 1. The molecule has 0 spiro atoms. The van der Waals surface area contributed by atoms with Gasteiger partial charge in [0.2, 0.25) is 0 Å². The number of nitrogens with zero attached hydrogens (tertiary/aromatic N) is 3. The summed E-state index contributed by atoms with van der Waals surface area (Å²) in [4.78, 5) is 29.0. The Morgan fingerprint density at radius 2 is 1.96 bits per heavy atom. The van der Waals surface area contributed by atoms with Gasteiger partial charge in [-0.1, -0.05) is 28.1 Å². The lowest BCUT2D eigenvalue weighted by Crippen LogP contribution is -2.29. The number of rotatable bonds is 6. The maximum atomic E-state index is 13.0. The minimum absolute atomic E-state index is 0.145. The smallest absolute Gasteiger partial charge is 0.356 e. The molecule has 144 valence electrons. The molecule has 0 amide bonds. The van der Waals surface area contributed by atoms with Crippen LogP contribution in [0, 0.1) is 6.92 Å². The Hall–Kier alpha value is -3.00. The van der Waals surface area contributed by atoms with Gasteiger partial charge in [-0.15, -0.1) is 0 Å². The Morgan fingerprint density at radius 1 is 1.25 bits per heavy atom. The van der Waals surface area contributed by atoms with Crippen molar-refractivity contribution in [3.05, 3.63) is 79.9 Å². The monoisotopic (exact) mass is 442 g/mol. The summed E-state index contributed by atoms with van der Waals surface area (Å²) in [6.07, 6.45) is 3.52. The molecule has 0 saturated carbocycles. The first-order valence-corrected chi connectivity index (χ1v) is 9.49. The van der Waals surface area contributed by atoms with E-state index in [1.807, 2.05) is 37.3 Å². The molecule has 28 heavy (non-hydrogen) atoms. The molecule has 0 radical (unpaired) electrons. The summed E-state index contributed by atoms with van der Waals surface area (Å²) in [5.74, 6) is -1.18. The third-order valence-corrected chi connectivity index (χ3v) is 4.88. The van der Waals surface area contributed by atoms with E-state index in [0.29, 0.717) is 11.3 Å². The Morgan fingerprint density at radius 3 is 2.57 bits per heavy atom. The zero-order valence-corrected chi connectivity index (χ0v) is 17.0. The normalized spacial score (nSPS) is 10.7. The number of hydrogen-bond acceptors (Lipinski definition) is 5. The van der Waals surface area contributed by atoms with Crippen molar-refractivity contribution in [2.24, 2.45) is 0 Å². The number of aromatic nitrogens is 3. The first-order chi connectivity index (χ1) is 13.4. The molecule has 0 aliphatic rings. The topological polar surface area (TPSA) is 97.1 Å². The number of benzene rings is 1. The van der Waals surface area contributed by atoms with Crippen molar-refractivity contribution in [2.45, 2.75) is 26.8 Å². The highest BCUT2D eigenvalue weighted by Gasteiger charge is 2.22. The molecule has 0 bridgehead atoms. The highest BCUT2D eigenvalue weighted by atomic mass is 79.9. The predicted molar refractivity (Wildman–Crippen MR) is 110 cm³/mol. The highest BCUT2D eigenvalue weighted by Crippen LogP contribution is 2.25. The van der Waals surface area contributed by atoms with Gasteiger partial charge in [0.15, 0.2) is 5.69 Å². The van der Waals surface area contributed by atoms with E-state index >= 15 is 0 Å². The molecule has 3 aromatic rings. The number of hydrogen-bond donors (Lipinski definition) is 2. The van der Waals surface area contributed by atoms with Crippen LogP contribution < -0.4 is 10.9 Å². The van der Waals surface area contributed by atoms with E-state index in [2.05, 4.69) is 31.3 Å². The number of carboxylic acid groups (broad SMARTS) is 1. The molecule has 0 aliphatic carbocycles. The minimum Gasteiger partial charge on any atom is -0.476 e. The Balaban J connectivity index is 2.20. The van der Waals surface area contributed by atoms with E-state index in [1.165, 1.54) is 0 Å². The van der Waals surface area contributed by atoms with E-state index in [4.69, 9.17) is 0 Å². The molecular weight excluding hydrogens is 424 g/mol. The lowest BCUT2D eigenvalue weighted by Gasteiger charge is -2.16. The second-order valence-corrected chi connectivity index (χ2v) is 7.16. The van der Waals surface area contributed by atoms with Crippen molar-refractivity contribution in [3.8, 4) is 0 Å². The first-order valence-electron chi connectivity index (χ1n) is 8.70. The first kappa shape index (κ1) is 19.8. The number of aromatic carboxylic acids is 1. The second-order valence-electron chi connectivity index (χ2n) is 6.25. The molecule has 3 rings (SSSR count). The Bertz CT molecular complexity index is 1080. The van der Waals surface area contributed by atoms with Gasteiger partial charge in [-0.2, -0.15) is 5.10 Å². The van der Waals surface area contributed by atoms with Gasteiger partial charge in [0, 0.05) is 29.2 Å². The van der Waals surface area contributed by atoms with Gasteiger partial charge in [0.05, 0.1) is 11.9 Å². The standard InChI is InChI=1S/C20H19BrN4O3/c1-3-25-19(26)17(23-16-11-22-9-8-12(16)2)15(18(24-25)20(27)28)10-13-4-6-14(21)7-5-13/h4-9,11,23H,3,10H2,1-2H3,(H,27,28). The molecule has 0 saturated heterocycles. The van der Waals surface area contributed by atoms with E-state index in [0.717, 1.165) is 20.3 Å². The number of carboxylic acids is 1. The molecular formula is C20H19BrN4O3. The van der Waals surface area contributed by atoms with Crippen LogP contribution in [-0.4, -0.2) is 25.8 Å². The summed E-state index contributed by atoms with van der Waals surface area (Å²) in [5, 5.41) is 16.9. The lowest BCUT2D eigenvalue weighted by atomic mass is 10.0. The lowest BCUT2D eigenvalue weighted by molar-refractivity contribution is 0.0686. The fraction of sp³-hybridized carbons (Fsp3) is 0.200. The van der Waals surface area contributed by atoms with Gasteiger partial charge >= 0.3 is 5.97 Å². The van der Waals surface area contributed by atoms with Crippen molar-refractivity contribution >= 4 is 33.3 Å². The van der Waals surface area contributed by atoms with Gasteiger partial charge in [0.25, 0.3) is 5.56 Å². The zero-order chi connectivity index (χ0) is 20.3. The van der Waals surface area contributed by atoms with Crippen molar-refractivity contribution in [1.29, 1.82) is 0 Å². The zero-order valence-electron chi connectivity index (χ0n) is 15.4. The van der Waals surface area contributed by atoms with Gasteiger partial charge < -0.3 is 10.4 Å². The van der Waals surface area contributed by atoms with Crippen LogP contribution in [0.3, 0.4) is 0 Å². The second kappa shape index (κ2) is 8.35. The summed E-state index contributed by atoms with van der Waals surface area (Å²) in [6.45, 7) is 3.89. The quantitative estimate of drug-likeness (QED) is 0.602. The van der Waals surface area contributed by atoms with Crippen molar-refractivity contribution in [1.82, 2.24) is 14.8 Å². The van der Waals surface area contributed by atoms with Crippen molar-refractivity contribution in [3.63, 3.8) is 0 Å². The van der Waals surface area contributed by atoms with E-state index in [9.17, 15) is 14.7 Å². The third-order valence-electron chi connectivity index (χ3n) is 4.35. The largest absolute Gasteiger partial charge is 0.476 e. The van der Waals surface area contributed by atoms with Crippen LogP contribution in [-0.2, 0) is 13.0 Å². The summed E-state index contributed by atoms with van der Waals surface area (Å²) in [5.41, 5.74) is 2.42. The molecule has 2 aromatic heterocycles. The Labute approximate surface area is 170 Å². The van der Waals surface area contributed by atoms with Gasteiger partial charge in [-0.25, -0.2) is 9.48 Å². The maximum absolute atomic E-state index is 13.0. The fourth-order valence-corrected chi connectivity index (χ4v) is 3.09. The highest BCUT2D eigenvalue weighted by molar-refractivity contribution is 9.10. The van der Waals surface area contributed by atoms with Crippen LogP contribution in [0.25, 0.3) is 0 Å². The molecule has 2 heterocycles. The molecule has 2 N–H and O–H groups in total. The molecule has 0 unspecified atom stereocenters. The SMILES string of the molecule is CCn1nc(C(=O)O)c(Cc2ccc(Br)cc2)c(Nc2cnccc2C)c1=O. The van der Waals surface area contributed by atoms with Crippen molar-refractivity contribution < 1.29 is 9.90 Å². The number of aryl methyl sites for hydroxylation is 2. The minimum atomic E-state index is -1.18. The van der Waals surface area contributed by atoms with Crippen LogP contribution in [0.4, 0.5) is 11.4 Å². The molecule has 1 aromatic carbocycles. The van der Waals surface area contributed by atoms with E-state index < -0.39 is 5.97 Å². The van der Waals surface area contributed by atoms with Crippen LogP contribution >= 0.6 is 15.9 Å². The summed E-state index contributed by atoms with van der Waals surface area (Å²) >= 11 is 3.39. The predicted octanol–water partition coefficient (Wildman–Crippen LogP) is 3.76. The number of carbonyl (C=O) groups is 1. The molecule has 8 heteroatoms. The van der Waals surface area contributed by atoms with Gasteiger partial charge in [-0.3, -0.25) is 9.78 Å². The van der Waals surface area contributed by atoms with E-state index in [-0.39, 0.29) is 29.9 Å². The van der Waals surface area contributed by atoms with Gasteiger partial charge in [-0.05, 0) is 43.2 Å². The van der Waals surface area contributed by atoms with Crippen LogP contribution in [0.2, 0.25) is 0 Å². The summed E-state index contributed by atoms with van der Waals surface area (Å²) in [6, 6.07) is 9.30. The van der Waals surface area contributed by atoms with Crippen molar-refractivity contribution in [2.75, 3.05) is 5.32 Å². The molecule has 0 fully saturated rings. The average Bonchev–Trinajstić information content (AvgIpc) is 2.67. The number of pyridine rings is 1. The molecule has 0 aliphatic heterocycles. The Kier molecular flexibility index (Phi) is 5.89. The number of anilines is 2. The molecule has 7 nitrogen and oxygen atoms in total. The summed E-state index contributed by atoms with van der Waals surface area (Å²) in [7, 11) is 0. The average molecular weight is 443 g/mol. The maximum Gasteiger partial charge on any atom is 0.356 e. The van der Waals surface area contributed by atoms with Crippen LogP contribution in [0.15, 0.2) is 52.0 Å². The van der Waals surface area contributed by atoms with Crippen LogP contribution in [0.5, 0.6) is 0 Å².